The summed E-state index contributed by atoms with van der Waals surface area (Å²) in [5.41, 5.74) is -4.05. The molecular formula is C23H24F3O3PS. The highest BCUT2D eigenvalue weighted by atomic mass is 32.2. The SMILES string of the molecule is CC(C)(C)c1ccc([PH+](c2ccccc2)c2ccccc2)cc1.O=S(=O)([O-])C(F)(F)F. The van der Waals surface area contributed by atoms with Crippen molar-refractivity contribution >= 4 is 34.0 Å². The molecule has 31 heavy (non-hydrogen) atoms. The molecule has 8 heteroatoms. The Morgan fingerprint density at radius 1 is 0.677 bits per heavy atom. The standard InChI is InChI=1S/C22H23P.CHF3O3S/c1-22(2,3)18-14-16-21(17-15-18)23(19-10-6-4-7-11-19)20-12-8-5-9-13-20;2-1(3,4)8(5,6)7/h4-17H,1-3H3;(H,5,6,7). The molecule has 0 atom stereocenters. The molecule has 3 rings (SSSR count). The third-order valence-electron chi connectivity index (χ3n) is 4.45. The van der Waals surface area contributed by atoms with Gasteiger partial charge in [-0.3, -0.25) is 0 Å². The number of hydrogen-bond donors (Lipinski definition) is 0. The van der Waals surface area contributed by atoms with E-state index in [0.29, 0.717) is 0 Å². The number of halogens is 3. The van der Waals surface area contributed by atoms with Gasteiger partial charge in [-0.15, -0.1) is 0 Å². The maximum absolute atomic E-state index is 10.7. The summed E-state index contributed by atoms with van der Waals surface area (Å²) < 4.78 is 58.9. The third kappa shape index (κ3) is 7.17. The van der Waals surface area contributed by atoms with Gasteiger partial charge >= 0.3 is 5.51 Å². The van der Waals surface area contributed by atoms with Crippen LogP contribution >= 0.6 is 7.92 Å². The summed E-state index contributed by atoms with van der Waals surface area (Å²) in [6, 6.07) is 31.1. The molecule has 0 saturated carbocycles. The van der Waals surface area contributed by atoms with Crippen molar-refractivity contribution in [2.24, 2.45) is 0 Å². The maximum atomic E-state index is 10.7. The Hall–Kier alpha value is -2.21. The lowest BCUT2D eigenvalue weighted by Gasteiger charge is -2.19. The minimum absolute atomic E-state index is 0.199. The first-order valence-electron chi connectivity index (χ1n) is 9.41. The smallest absolute Gasteiger partial charge is 0.485 e. The average molecular weight is 468 g/mol. The molecule has 0 N–H and O–H groups in total. The van der Waals surface area contributed by atoms with Crippen LogP contribution in [0.4, 0.5) is 13.2 Å². The van der Waals surface area contributed by atoms with Crippen LogP contribution in [0, 0.1) is 0 Å². The Bertz CT molecular complexity index is 1020. The first-order valence-corrected chi connectivity index (χ1v) is 12.3. The predicted molar refractivity (Wildman–Crippen MR) is 121 cm³/mol. The summed E-state index contributed by atoms with van der Waals surface area (Å²) in [5.74, 6) is 0. The number of benzene rings is 3. The third-order valence-corrected chi connectivity index (χ3v) is 7.75. The van der Waals surface area contributed by atoms with Crippen LogP contribution in [0.3, 0.4) is 0 Å². The molecule has 0 aliphatic carbocycles. The summed E-state index contributed by atoms with van der Waals surface area (Å²) in [6.45, 7) is 6.80. The number of hydrogen-bond acceptors (Lipinski definition) is 3. The van der Waals surface area contributed by atoms with Crippen LogP contribution in [0.1, 0.15) is 26.3 Å². The van der Waals surface area contributed by atoms with E-state index in [9.17, 15) is 13.2 Å². The van der Waals surface area contributed by atoms with Crippen molar-refractivity contribution in [3.05, 3.63) is 90.5 Å². The molecule has 3 aromatic carbocycles. The largest absolute Gasteiger partial charge is 0.741 e. The van der Waals surface area contributed by atoms with Gasteiger partial charge in [-0.2, -0.15) is 13.2 Å². The van der Waals surface area contributed by atoms with Crippen LogP contribution in [0.2, 0.25) is 0 Å². The highest BCUT2D eigenvalue weighted by molar-refractivity contribution is 7.86. The molecule has 3 nitrogen and oxygen atoms in total. The monoisotopic (exact) mass is 468 g/mol. The first-order chi connectivity index (χ1) is 14.3. The van der Waals surface area contributed by atoms with Crippen LogP contribution < -0.4 is 15.9 Å². The molecule has 0 aliphatic rings. The van der Waals surface area contributed by atoms with Gasteiger partial charge in [0.1, 0.15) is 15.9 Å². The van der Waals surface area contributed by atoms with Gasteiger partial charge in [-0.1, -0.05) is 69.3 Å². The summed E-state index contributed by atoms with van der Waals surface area (Å²) >= 11 is 0. The molecule has 0 amide bonds. The molecule has 3 aromatic rings. The van der Waals surface area contributed by atoms with Gasteiger partial charge < -0.3 is 4.55 Å². The Balaban J connectivity index is 0.000000366. The Morgan fingerprint density at radius 2 is 1.00 bits per heavy atom. The number of alkyl halides is 3. The van der Waals surface area contributed by atoms with E-state index in [2.05, 4.69) is 106 Å². The molecule has 0 radical (unpaired) electrons. The summed E-state index contributed by atoms with van der Waals surface area (Å²) in [5, 5.41) is 4.32. The number of rotatable bonds is 3. The van der Waals surface area contributed by atoms with E-state index >= 15 is 0 Å². The zero-order valence-electron chi connectivity index (χ0n) is 17.3. The van der Waals surface area contributed by atoms with Crippen molar-refractivity contribution in [1.82, 2.24) is 0 Å². The maximum Gasteiger partial charge on any atom is 0.485 e. The van der Waals surface area contributed by atoms with Gasteiger partial charge in [-0.05, 0) is 47.4 Å². The Labute approximate surface area is 182 Å². The van der Waals surface area contributed by atoms with E-state index in [1.807, 2.05) is 0 Å². The molecule has 0 unspecified atom stereocenters. The molecule has 166 valence electrons. The van der Waals surface area contributed by atoms with E-state index < -0.39 is 23.5 Å². The van der Waals surface area contributed by atoms with Gasteiger partial charge in [0.2, 0.25) is 0 Å². The molecule has 0 heterocycles. The highest BCUT2D eigenvalue weighted by Crippen LogP contribution is 2.33. The second-order valence-electron chi connectivity index (χ2n) is 7.83. The fourth-order valence-electron chi connectivity index (χ4n) is 2.85. The molecule has 0 spiro atoms. The zero-order valence-corrected chi connectivity index (χ0v) is 19.2. The van der Waals surface area contributed by atoms with E-state index in [0.717, 1.165) is 0 Å². The molecule has 0 saturated heterocycles. The summed E-state index contributed by atoms with van der Waals surface area (Å²) in [6.07, 6.45) is 0. The Kier molecular flexibility index (Phi) is 8.04. The molecule has 0 aliphatic heterocycles. The van der Waals surface area contributed by atoms with Gasteiger partial charge in [0, 0.05) is 0 Å². The Morgan fingerprint density at radius 3 is 1.29 bits per heavy atom. The van der Waals surface area contributed by atoms with Crippen molar-refractivity contribution in [3.63, 3.8) is 0 Å². The summed E-state index contributed by atoms with van der Waals surface area (Å²) in [4.78, 5) is 0. The van der Waals surface area contributed by atoms with Gasteiger partial charge in [0.15, 0.2) is 10.1 Å². The lowest BCUT2D eigenvalue weighted by Crippen LogP contribution is -2.21. The summed E-state index contributed by atoms with van der Waals surface area (Å²) in [7, 11) is -7.03. The quantitative estimate of drug-likeness (QED) is 0.323. The van der Waals surface area contributed by atoms with Gasteiger partial charge in [0.25, 0.3) is 0 Å². The van der Waals surface area contributed by atoms with Crippen LogP contribution in [0.25, 0.3) is 0 Å². The van der Waals surface area contributed by atoms with Crippen LogP contribution in [0.5, 0.6) is 0 Å². The van der Waals surface area contributed by atoms with E-state index in [1.54, 1.807) is 0 Å². The highest BCUT2D eigenvalue weighted by Gasteiger charge is 2.37. The van der Waals surface area contributed by atoms with Crippen molar-refractivity contribution in [2.45, 2.75) is 31.7 Å². The minimum Gasteiger partial charge on any atom is -0.741 e. The lowest BCUT2D eigenvalue weighted by molar-refractivity contribution is -0.0517. The fourth-order valence-corrected chi connectivity index (χ4v) is 5.40. The van der Waals surface area contributed by atoms with Crippen molar-refractivity contribution < 1.29 is 26.1 Å². The van der Waals surface area contributed by atoms with Crippen molar-refractivity contribution in [1.29, 1.82) is 0 Å². The van der Waals surface area contributed by atoms with Crippen LogP contribution in [-0.4, -0.2) is 18.5 Å². The lowest BCUT2D eigenvalue weighted by atomic mass is 9.87. The topological polar surface area (TPSA) is 57.2 Å². The predicted octanol–water partition coefficient (Wildman–Crippen LogP) is 4.53. The van der Waals surface area contributed by atoms with Gasteiger partial charge in [0.05, 0.1) is 7.92 Å². The fraction of sp³-hybridized carbons (Fsp3) is 0.217. The minimum atomic E-state index is -6.09. The first kappa shape index (κ1) is 25.1. The second-order valence-corrected chi connectivity index (χ2v) is 11.7. The van der Waals surface area contributed by atoms with E-state index in [4.69, 9.17) is 13.0 Å². The average Bonchev–Trinajstić information content (AvgIpc) is 2.69. The van der Waals surface area contributed by atoms with Gasteiger partial charge in [-0.25, -0.2) is 8.42 Å². The van der Waals surface area contributed by atoms with E-state index in [-0.39, 0.29) is 5.41 Å². The van der Waals surface area contributed by atoms with Crippen molar-refractivity contribution in [2.75, 3.05) is 0 Å². The molecular weight excluding hydrogens is 444 g/mol. The molecule has 0 fully saturated rings. The van der Waals surface area contributed by atoms with Crippen molar-refractivity contribution in [3.8, 4) is 0 Å². The second kappa shape index (κ2) is 9.94. The molecule has 0 aromatic heterocycles. The molecule has 0 bridgehead atoms. The normalized spacial score (nSPS) is 12.3. The van der Waals surface area contributed by atoms with Crippen LogP contribution in [0.15, 0.2) is 84.9 Å². The van der Waals surface area contributed by atoms with E-state index in [1.165, 1.54) is 21.5 Å². The zero-order chi connectivity index (χ0) is 23.3. The van der Waals surface area contributed by atoms with Crippen LogP contribution in [-0.2, 0) is 15.5 Å².